The number of aromatic nitrogens is 2. The topological polar surface area (TPSA) is 58.6 Å². The molecular weight excluding hydrogens is 324 g/mol. The van der Waals surface area contributed by atoms with Crippen molar-refractivity contribution in [3.8, 4) is 0 Å². The predicted molar refractivity (Wildman–Crippen MR) is 97.3 cm³/mol. The fourth-order valence-corrected chi connectivity index (χ4v) is 3.53. The van der Waals surface area contributed by atoms with Gasteiger partial charge in [0.2, 0.25) is 5.13 Å². The highest BCUT2D eigenvalue weighted by atomic mass is 32.1. The quantitative estimate of drug-likeness (QED) is 0.504. The van der Waals surface area contributed by atoms with Gasteiger partial charge in [-0.1, -0.05) is 29.6 Å². The van der Waals surface area contributed by atoms with Gasteiger partial charge in [0, 0.05) is 33.0 Å². The molecule has 132 valence electrons. The van der Waals surface area contributed by atoms with E-state index >= 15 is 0 Å². The summed E-state index contributed by atoms with van der Waals surface area (Å²) in [6, 6.07) is -0.0417. The fraction of sp³-hybridized carbons (Fsp3) is 0.588. The second-order valence-electron chi connectivity index (χ2n) is 5.64. The van der Waals surface area contributed by atoms with E-state index in [4.69, 9.17) is 4.74 Å². The van der Waals surface area contributed by atoms with Crippen LogP contribution in [0.2, 0.25) is 0 Å². The lowest BCUT2D eigenvalue weighted by Crippen LogP contribution is -2.55. The van der Waals surface area contributed by atoms with Crippen molar-refractivity contribution in [2.24, 2.45) is 0 Å². The van der Waals surface area contributed by atoms with Crippen LogP contribution in [0.3, 0.4) is 0 Å². The van der Waals surface area contributed by atoms with Gasteiger partial charge in [0.1, 0.15) is 11.2 Å². The molecule has 0 saturated carbocycles. The molecule has 1 saturated heterocycles. The molecule has 1 aromatic rings. The van der Waals surface area contributed by atoms with Gasteiger partial charge in [0.05, 0.1) is 0 Å². The first-order valence-electron chi connectivity index (χ1n) is 8.36. The number of amides is 2. The van der Waals surface area contributed by atoms with E-state index in [1.54, 1.807) is 12.0 Å². The lowest BCUT2D eigenvalue weighted by atomic mass is 10.2. The third kappa shape index (κ3) is 4.64. The smallest absolute Gasteiger partial charge is 0.328 e. The Morgan fingerprint density at radius 2 is 2.25 bits per heavy atom. The molecule has 1 aromatic heterocycles. The van der Waals surface area contributed by atoms with Crippen LogP contribution in [0.5, 0.6) is 0 Å². The summed E-state index contributed by atoms with van der Waals surface area (Å²) in [5.41, 5.74) is 0. The predicted octanol–water partition coefficient (Wildman–Crippen LogP) is 3.62. The van der Waals surface area contributed by atoms with E-state index in [2.05, 4.69) is 22.9 Å². The van der Waals surface area contributed by atoms with Crippen LogP contribution in [0.25, 0.3) is 0 Å². The van der Waals surface area contributed by atoms with E-state index < -0.39 is 0 Å². The van der Waals surface area contributed by atoms with Crippen molar-refractivity contribution >= 4 is 22.5 Å². The Labute approximate surface area is 147 Å². The Balaban J connectivity index is 2.07. The number of carbonyl (C=O) groups is 1. The Hall–Kier alpha value is -1.73. The summed E-state index contributed by atoms with van der Waals surface area (Å²) in [6.45, 7) is 7.19. The van der Waals surface area contributed by atoms with Crippen molar-refractivity contribution in [3.05, 3.63) is 29.8 Å². The molecule has 1 unspecified atom stereocenters. The van der Waals surface area contributed by atoms with E-state index in [1.807, 2.05) is 24.0 Å². The third-order valence-electron chi connectivity index (χ3n) is 3.94. The summed E-state index contributed by atoms with van der Waals surface area (Å²) < 4.78 is 5.50. The summed E-state index contributed by atoms with van der Waals surface area (Å²) in [5, 5.41) is 9.92. The van der Waals surface area contributed by atoms with Crippen molar-refractivity contribution in [1.82, 2.24) is 15.1 Å². The maximum atomic E-state index is 12.9. The van der Waals surface area contributed by atoms with Gasteiger partial charge in [-0.25, -0.2) is 9.69 Å². The molecule has 2 rings (SSSR count). The highest BCUT2D eigenvalue weighted by Gasteiger charge is 2.36. The third-order valence-corrected chi connectivity index (χ3v) is 4.92. The second kappa shape index (κ2) is 9.54. The fourth-order valence-electron chi connectivity index (χ4n) is 2.64. The van der Waals surface area contributed by atoms with Crippen LogP contribution in [0.1, 0.15) is 37.6 Å². The highest BCUT2D eigenvalue weighted by Crippen LogP contribution is 2.28. The van der Waals surface area contributed by atoms with E-state index in [0.29, 0.717) is 11.7 Å². The lowest BCUT2D eigenvalue weighted by molar-refractivity contribution is 0.0654. The molecule has 7 heteroatoms. The SMILES string of the molecule is C=CCCc1nnc(N2C(=O)N(CCCC=CC)CCC2OC)s1. The molecule has 24 heavy (non-hydrogen) atoms. The zero-order valence-corrected chi connectivity index (χ0v) is 15.3. The maximum Gasteiger partial charge on any atom is 0.328 e. The molecule has 2 heterocycles. The average molecular weight is 350 g/mol. The van der Waals surface area contributed by atoms with Gasteiger partial charge in [0.25, 0.3) is 0 Å². The van der Waals surface area contributed by atoms with Crippen molar-refractivity contribution < 1.29 is 9.53 Å². The van der Waals surface area contributed by atoms with Crippen molar-refractivity contribution in [2.45, 2.75) is 45.3 Å². The molecule has 1 fully saturated rings. The maximum absolute atomic E-state index is 12.9. The summed E-state index contributed by atoms with van der Waals surface area (Å²) >= 11 is 1.45. The Morgan fingerprint density at radius 3 is 2.96 bits per heavy atom. The van der Waals surface area contributed by atoms with Gasteiger partial charge >= 0.3 is 6.03 Å². The van der Waals surface area contributed by atoms with Crippen LogP contribution < -0.4 is 4.90 Å². The zero-order chi connectivity index (χ0) is 17.4. The molecular formula is C17H26N4O2S. The van der Waals surface area contributed by atoms with Crippen LogP contribution in [0.4, 0.5) is 9.93 Å². The monoisotopic (exact) mass is 350 g/mol. The van der Waals surface area contributed by atoms with E-state index in [1.165, 1.54) is 11.3 Å². The second-order valence-corrected chi connectivity index (χ2v) is 6.68. The first-order chi connectivity index (χ1) is 11.7. The normalized spacial score (nSPS) is 18.6. The van der Waals surface area contributed by atoms with Crippen LogP contribution in [-0.2, 0) is 11.2 Å². The number of anilines is 1. The van der Waals surface area contributed by atoms with Gasteiger partial charge in [-0.3, -0.25) is 0 Å². The number of ether oxygens (including phenoxy) is 1. The molecule has 0 radical (unpaired) electrons. The van der Waals surface area contributed by atoms with Crippen molar-refractivity contribution in [3.63, 3.8) is 0 Å². The summed E-state index contributed by atoms with van der Waals surface area (Å²) in [7, 11) is 1.63. The first kappa shape index (κ1) is 18.6. The van der Waals surface area contributed by atoms with Gasteiger partial charge < -0.3 is 9.64 Å². The van der Waals surface area contributed by atoms with Crippen LogP contribution >= 0.6 is 11.3 Å². The molecule has 0 aromatic carbocycles. The van der Waals surface area contributed by atoms with Gasteiger partial charge in [-0.05, 0) is 26.2 Å². The lowest BCUT2D eigenvalue weighted by Gasteiger charge is -2.38. The molecule has 1 aliphatic heterocycles. The highest BCUT2D eigenvalue weighted by molar-refractivity contribution is 7.15. The summed E-state index contributed by atoms with van der Waals surface area (Å²) in [4.78, 5) is 16.4. The van der Waals surface area contributed by atoms with Crippen LogP contribution in [0, 0.1) is 0 Å². The number of unbranched alkanes of at least 4 members (excludes halogenated alkanes) is 1. The molecule has 2 amide bonds. The number of nitrogens with zero attached hydrogens (tertiary/aromatic N) is 4. The summed E-state index contributed by atoms with van der Waals surface area (Å²) in [6.07, 6.45) is 10.1. The number of hydrogen-bond donors (Lipinski definition) is 0. The number of carbonyl (C=O) groups excluding carboxylic acids is 1. The number of rotatable bonds is 9. The van der Waals surface area contributed by atoms with Crippen molar-refractivity contribution in [1.29, 1.82) is 0 Å². The van der Waals surface area contributed by atoms with Gasteiger partial charge in [-0.2, -0.15) is 0 Å². The number of allylic oxidation sites excluding steroid dienone is 3. The Bertz CT molecular complexity index is 573. The van der Waals surface area contributed by atoms with E-state index in [0.717, 1.165) is 43.7 Å². The minimum absolute atomic E-state index is 0.0417. The number of urea groups is 1. The van der Waals surface area contributed by atoms with E-state index in [-0.39, 0.29) is 12.3 Å². The van der Waals surface area contributed by atoms with Gasteiger partial charge in [0.15, 0.2) is 0 Å². The first-order valence-corrected chi connectivity index (χ1v) is 9.18. The van der Waals surface area contributed by atoms with E-state index in [9.17, 15) is 4.79 Å². The average Bonchev–Trinajstić information content (AvgIpc) is 3.06. The van der Waals surface area contributed by atoms with Gasteiger partial charge in [-0.15, -0.1) is 16.8 Å². The zero-order valence-electron chi connectivity index (χ0n) is 14.5. The molecule has 0 aliphatic carbocycles. The Kier molecular flexibility index (Phi) is 7.39. The Morgan fingerprint density at radius 1 is 1.42 bits per heavy atom. The molecule has 1 aliphatic rings. The minimum atomic E-state index is -0.274. The molecule has 0 N–H and O–H groups in total. The molecule has 6 nitrogen and oxygen atoms in total. The molecule has 0 bridgehead atoms. The standard InChI is InChI=1S/C17H26N4O2S/c1-4-6-8-9-12-20-13-11-15(23-3)21(17(20)22)16-19-18-14(24-16)10-7-5-2/h4-6,15H,2,7-13H2,1,3H3. The number of methoxy groups -OCH3 is 1. The number of aryl methyl sites for hydroxylation is 1. The summed E-state index contributed by atoms with van der Waals surface area (Å²) in [5.74, 6) is 0. The van der Waals surface area contributed by atoms with Crippen LogP contribution in [0.15, 0.2) is 24.8 Å². The molecule has 0 spiro atoms. The van der Waals surface area contributed by atoms with Crippen LogP contribution in [-0.4, -0.2) is 47.6 Å². The minimum Gasteiger partial charge on any atom is -0.361 e. The largest absolute Gasteiger partial charge is 0.361 e. The number of hydrogen-bond acceptors (Lipinski definition) is 5. The molecule has 1 atom stereocenters. The van der Waals surface area contributed by atoms with Crippen molar-refractivity contribution in [2.75, 3.05) is 25.1 Å².